The van der Waals surface area contributed by atoms with Crippen molar-refractivity contribution in [3.8, 4) is 0 Å². The summed E-state index contributed by atoms with van der Waals surface area (Å²) in [4.78, 5) is 25.9. The van der Waals surface area contributed by atoms with Crippen LogP contribution in [0.4, 0.5) is 5.95 Å². The molecular weight excluding hydrogens is 298 g/mol. The molecule has 8 heteroatoms. The SMILES string of the molecule is Cc1cc(C(=O)Cn2cnc([N+](=O)[O-])n2)c(C)n1CCC(C)C. The summed E-state index contributed by atoms with van der Waals surface area (Å²) in [6.45, 7) is 9.04. The third-order valence-electron chi connectivity index (χ3n) is 3.80. The Labute approximate surface area is 134 Å². The summed E-state index contributed by atoms with van der Waals surface area (Å²) in [5.41, 5.74) is 2.59. The normalized spacial score (nSPS) is 11.2. The second kappa shape index (κ2) is 6.72. The van der Waals surface area contributed by atoms with Gasteiger partial charge >= 0.3 is 5.95 Å². The van der Waals surface area contributed by atoms with E-state index in [9.17, 15) is 14.9 Å². The number of carbonyl (C=O) groups excluding carboxylic acids is 1. The van der Waals surface area contributed by atoms with Crippen molar-refractivity contribution in [2.75, 3.05) is 0 Å². The Hall–Kier alpha value is -2.51. The zero-order chi connectivity index (χ0) is 17.1. The lowest BCUT2D eigenvalue weighted by molar-refractivity contribution is -0.394. The Kier molecular flexibility index (Phi) is 4.92. The zero-order valence-corrected chi connectivity index (χ0v) is 13.8. The Morgan fingerprint density at radius 1 is 1.39 bits per heavy atom. The van der Waals surface area contributed by atoms with Crippen molar-refractivity contribution in [1.29, 1.82) is 0 Å². The molecule has 23 heavy (non-hydrogen) atoms. The molecule has 2 aromatic rings. The largest absolute Gasteiger partial charge is 0.490 e. The first-order valence-corrected chi connectivity index (χ1v) is 7.53. The highest BCUT2D eigenvalue weighted by atomic mass is 16.6. The van der Waals surface area contributed by atoms with Crippen molar-refractivity contribution >= 4 is 11.7 Å². The number of Topliss-reactive ketones (excluding diaryl/α,β-unsaturated/α-hetero) is 1. The summed E-state index contributed by atoms with van der Waals surface area (Å²) in [6, 6.07) is 1.86. The van der Waals surface area contributed by atoms with Crippen LogP contribution < -0.4 is 0 Å². The molecule has 0 aromatic carbocycles. The fraction of sp³-hybridized carbons (Fsp3) is 0.533. The minimum Gasteiger partial charge on any atom is -0.390 e. The van der Waals surface area contributed by atoms with Gasteiger partial charge in [0.2, 0.25) is 6.33 Å². The second-order valence-corrected chi connectivity index (χ2v) is 6.04. The molecule has 0 aliphatic carbocycles. The van der Waals surface area contributed by atoms with Gasteiger partial charge in [-0.2, -0.15) is 4.68 Å². The number of nitrogens with zero attached hydrogens (tertiary/aromatic N) is 5. The van der Waals surface area contributed by atoms with E-state index < -0.39 is 10.9 Å². The number of carbonyl (C=O) groups is 1. The van der Waals surface area contributed by atoms with Gasteiger partial charge in [-0.05, 0) is 37.2 Å². The van der Waals surface area contributed by atoms with E-state index in [1.54, 1.807) is 0 Å². The van der Waals surface area contributed by atoms with Gasteiger partial charge in [-0.3, -0.25) is 4.79 Å². The number of nitro groups is 1. The fourth-order valence-corrected chi connectivity index (χ4v) is 2.49. The Morgan fingerprint density at radius 3 is 2.65 bits per heavy atom. The number of aryl methyl sites for hydroxylation is 1. The maximum atomic E-state index is 12.4. The van der Waals surface area contributed by atoms with Crippen LogP contribution in [0, 0.1) is 29.9 Å². The third kappa shape index (κ3) is 3.82. The monoisotopic (exact) mass is 319 g/mol. The minimum atomic E-state index is -0.682. The molecule has 0 aliphatic heterocycles. The molecule has 0 saturated carbocycles. The maximum absolute atomic E-state index is 12.4. The molecule has 2 heterocycles. The Bertz CT molecular complexity index is 730. The molecular formula is C15H21N5O3. The first-order valence-electron chi connectivity index (χ1n) is 7.53. The summed E-state index contributed by atoms with van der Waals surface area (Å²) in [5, 5.41) is 14.3. The predicted octanol–water partition coefficient (Wildman–Crippen LogP) is 2.53. The van der Waals surface area contributed by atoms with E-state index in [0.29, 0.717) is 11.5 Å². The molecule has 0 atom stereocenters. The molecule has 0 fully saturated rings. The molecule has 124 valence electrons. The van der Waals surface area contributed by atoms with Gasteiger partial charge in [-0.25, -0.2) is 0 Å². The quantitative estimate of drug-likeness (QED) is 0.444. The number of hydrogen-bond acceptors (Lipinski definition) is 5. The number of rotatable bonds is 7. The van der Waals surface area contributed by atoms with Crippen molar-refractivity contribution in [2.45, 2.75) is 47.2 Å². The van der Waals surface area contributed by atoms with Gasteiger partial charge < -0.3 is 14.7 Å². The van der Waals surface area contributed by atoms with Gasteiger partial charge in [0.25, 0.3) is 0 Å². The van der Waals surface area contributed by atoms with Crippen molar-refractivity contribution in [2.24, 2.45) is 5.92 Å². The first-order chi connectivity index (χ1) is 10.8. The molecule has 0 saturated heterocycles. The molecule has 8 nitrogen and oxygen atoms in total. The predicted molar refractivity (Wildman–Crippen MR) is 84.4 cm³/mol. The molecule has 0 amide bonds. The van der Waals surface area contributed by atoms with Crippen molar-refractivity contribution < 1.29 is 9.72 Å². The third-order valence-corrected chi connectivity index (χ3v) is 3.80. The lowest BCUT2D eigenvalue weighted by Gasteiger charge is -2.11. The topological polar surface area (TPSA) is 95.8 Å². The van der Waals surface area contributed by atoms with Crippen molar-refractivity contribution in [1.82, 2.24) is 19.3 Å². The summed E-state index contributed by atoms with van der Waals surface area (Å²) in [5.74, 6) is -0.0417. The van der Waals surface area contributed by atoms with Crippen LogP contribution in [-0.4, -0.2) is 30.0 Å². The maximum Gasteiger partial charge on any atom is 0.490 e. The lowest BCUT2D eigenvalue weighted by atomic mass is 10.1. The second-order valence-electron chi connectivity index (χ2n) is 6.04. The number of aromatic nitrogens is 4. The Morgan fingerprint density at radius 2 is 2.09 bits per heavy atom. The van der Waals surface area contributed by atoms with Gasteiger partial charge in [0.15, 0.2) is 5.78 Å². The lowest BCUT2D eigenvalue weighted by Crippen LogP contribution is -2.13. The molecule has 0 aliphatic rings. The molecule has 0 radical (unpaired) electrons. The van der Waals surface area contributed by atoms with Crippen LogP contribution in [0.1, 0.15) is 42.0 Å². The smallest absolute Gasteiger partial charge is 0.390 e. The molecule has 0 N–H and O–H groups in total. The summed E-state index contributed by atoms with van der Waals surface area (Å²) in [6.07, 6.45) is 2.24. The average molecular weight is 319 g/mol. The van der Waals surface area contributed by atoms with Crippen LogP contribution in [0.25, 0.3) is 0 Å². The number of hydrogen-bond donors (Lipinski definition) is 0. The van der Waals surface area contributed by atoms with Crippen LogP contribution in [0.2, 0.25) is 0 Å². The van der Waals surface area contributed by atoms with E-state index in [1.165, 1.54) is 11.0 Å². The standard InChI is InChI=1S/C15H21N5O3/c1-10(2)5-6-19-11(3)7-13(12(19)4)14(21)8-18-9-16-15(17-18)20(22)23/h7,9-10H,5-6,8H2,1-4H3. The fourth-order valence-electron chi connectivity index (χ4n) is 2.49. The molecule has 0 unspecified atom stereocenters. The molecule has 2 aromatic heterocycles. The van der Waals surface area contributed by atoms with E-state index >= 15 is 0 Å². The summed E-state index contributed by atoms with van der Waals surface area (Å²) < 4.78 is 3.33. The van der Waals surface area contributed by atoms with Crippen LogP contribution in [0.5, 0.6) is 0 Å². The minimum absolute atomic E-state index is 0.0602. The van der Waals surface area contributed by atoms with Gasteiger partial charge in [-0.1, -0.05) is 18.8 Å². The summed E-state index contributed by atoms with van der Waals surface area (Å²) >= 11 is 0. The van der Waals surface area contributed by atoms with Gasteiger partial charge in [0.1, 0.15) is 6.54 Å². The zero-order valence-electron chi connectivity index (χ0n) is 13.8. The van der Waals surface area contributed by atoms with E-state index in [-0.39, 0.29) is 12.3 Å². The summed E-state index contributed by atoms with van der Waals surface area (Å²) in [7, 11) is 0. The van der Waals surface area contributed by atoms with E-state index in [1.807, 2.05) is 19.9 Å². The molecule has 0 spiro atoms. The van der Waals surface area contributed by atoms with Crippen LogP contribution in [0.15, 0.2) is 12.4 Å². The number of ketones is 1. The van der Waals surface area contributed by atoms with Crippen LogP contribution in [-0.2, 0) is 13.1 Å². The highest BCUT2D eigenvalue weighted by molar-refractivity contribution is 5.97. The van der Waals surface area contributed by atoms with E-state index in [2.05, 4.69) is 28.5 Å². The van der Waals surface area contributed by atoms with Gasteiger partial charge in [-0.15, -0.1) is 0 Å². The average Bonchev–Trinajstić information content (AvgIpc) is 3.02. The van der Waals surface area contributed by atoms with Gasteiger partial charge in [0.05, 0.1) is 0 Å². The van der Waals surface area contributed by atoms with Crippen LogP contribution >= 0.6 is 0 Å². The van der Waals surface area contributed by atoms with Crippen LogP contribution in [0.3, 0.4) is 0 Å². The van der Waals surface area contributed by atoms with Gasteiger partial charge in [0, 0.05) is 28.6 Å². The van der Waals surface area contributed by atoms with Crippen molar-refractivity contribution in [3.05, 3.63) is 39.5 Å². The molecule has 2 rings (SSSR count). The van der Waals surface area contributed by atoms with Crippen molar-refractivity contribution in [3.63, 3.8) is 0 Å². The Balaban J connectivity index is 2.15. The molecule has 0 bridgehead atoms. The highest BCUT2D eigenvalue weighted by Crippen LogP contribution is 2.18. The first kappa shape index (κ1) is 16.9. The van der Waals surface area contributed by atoms with E-state index in [4.69, 9.17) is 0 Å². The van der Waals surface area contributed by atoms with E-state index in [0.717, 1.165) is 24.4 Å². The highest BCUT2D eigenvalue weighted by Gasteiger charge is 2.19.